The van der Waals surface area contributed by atoms with Crippen LogP contribution in [0.2, 0.25) is 5.15 Å². The minimum atomic E-state index is -1.11. The molecule has 0 saturated carbocycles. The summed E-state index contributed by atoms with van der Waals surface area (Å²) in [6, 6.07) is 1.71. The second-order valence-corrected chi connectivity index (χ2v) is 6.87. The molecule has 6 nitrogen and oxygen atoms in total. The van der Waals surface area contributed by atoms with Crippen LogP contribution in [0.25, 0.3) is 16.8 Å². The minimum absolute atomic E-state index is 0.0631. The van der Waals surface area contributed by atoms with E-state index < -0.39 is 23.0 Å². The quantitative estimate of drug-likeness (QED) is 0.500. The van der Waals surface area contributed by atoms with Crippen molar-refractivity contribution in [2.75, 3.05) is 0 Å². The second kappa shape index (κ2) is 6.39. The largest absolute Gasteiger partial charge is 0.417 e. The van der Waals surface area contributed by atoms with E-state index in [0.717, 1.165) is 47.6 Å². The first-order chi connectivity index (χ1) is 12.9. The molecule has 0 bridgehead atoms. The highest BCUT2D eigenvalue weighted by molar-refractivity contribution is 6.30. The molecule has 8 heteroatoms. The Morgan fingerprint density at radius 3 is 2.78 bits per heavy atom. The van der Waals surface area contributed by atoms with Gasteiger partial charge in [-0.1, -0.05) is 17.5 Å². The van der Waals surface area contributed by atoms with Crippen molar-refractivity contribution in [1.29, 1.82) is 0 Å². The van der Waals surface area contributed by atoms with Crippen molar-refractivity contribution in [3.8, 4) is 18.0 Å². The fourth-order valence-corrected chi connectivity index (χ4v) is 3.78. The smallest absolute Gasteiger partial charge is 0.402 e. The molecule has 4 rings (SSSR count). The van der Waals surface area contributed by atoms with Crippen molar-refractivity contribution >= 4 is 22.7 Å². The summed E-state index contributed by atoms with van der Waals surface area (Å²) < 4.78 is 22.2. The van der Waals surface area contributed by atoms with Gasteiger partial charge < -0.3 is 4.42 Å². The molecule has 3 aromatic rings. The lowest BCUT2D eigenvalue weighted by Crippen LogP contribution is -2.35. The van der Waals surface area contributed by atoms with E-state index in [1.807, 2.05) is 0 Å². The number of hydrogen-bond acceptors (Lipinski definition) is 4. The lowest BCUT2D eigenvalue weighted by Gasteiger charge is -2.13. The van der Waals surface area contributed by atoms with Gasteiger partial charge in [-0.3, -0.25) is 9.36 Å². The number of nitrogens with zero attached hydrogens (tertiary/aromatic N) is 3. The summed E-state index contributed by atoms with van der Waals surface area (Å²) in [5, 5.41) is 4.79. The van der Waals surface area contributed by atoms with Gasteiger partial charge in [0.2, 0.25) is 0 Å². The van der Waals surface area contributed by atoms with Crippen LogP contribution in [0.5, 0.6) is 0 Å². The molecule has 0 aliphatic heterocycles. The zero-order valence-corrected chi connectivity index (χ0v) is 15.2. The first-order valence-corrected chi connectivity index (χ1v) is 8.92. The normalized spacial score (nSPS) is 14.7. The summed E-state index contributed by atoms with van der Waals surface area (Å²) in [6.45, 7) is 1.59. The lowest BCUT2D eigenvalue weighted by molar-refractivity contribution is 0.511. The fourth-order valence-electron chi connectivity index (χ4n) is 3.45. The Morgan fingerprint density at radius 1 is 1.33 bits per heavy atom. The number of terminal acetylenes is 1. The van der Waals surface area contributed by atoms with Crippen LogP contribution in [0.4, 0.5) is 4.39 Å². The van der Waals surface area contributed by atoms with Crippen LogP contribution >= 0.6 is 11.6 Å². The standard InChI is InChI=1S/C19H15ClFN3O3/c1-3-10(2)23-15-9-14(12(21)8-16(15)27-19(26)18(23)25)24-17(20)11-6-4-5-7-13(11)22-24/h1,8-10H,4-7H2,2H3. The monoisotopic (exact) mass is 387 g/mol. The van der Waals surface area contributed by atoms with Crippen molar-refractivity contribution in [3.63, 3.8) is 0 Å². The Kier molecular flexibility index (Phi) is 4.16. The molecular formula is C19H15ClFN3O3. The number of benzene rings is 1. The summed E-state index contributed by atoms with van der Waals surface area (Å²) in [5.41, 5.74) is -0.0630. The molecule has 0 radical (unpaired) electrons. The van der Waals surface area contributed by atoms with Crippen LogP contribution in [0.15, 0.2) is 26.1 Å². The Labute approximate surface area is 158 Å². The van der Waals surface area contributed by atoms with Crippen LogP contribution in [-0.2, 0) is 12.8 Å². The number of halogens is 2. The van der Waals surface area contributed by atoms with Crippen LogP contribution < -0.4 is 11.2 Å². The summed E-state index contributed by atoms with van der Waals surface area (Å²) in [6.07, 6.45) is 9.01. The first-order valence-electron chi connectivity index (χ1n) is 8.54. The molecule has 1 aromatic carbocycles. The number of fused-ring (bicyclic) bond motifs is 2. The maximum Gasteiger partial charge on any atom is 0.402 e. The molecule has 0 fully saturated rings. The fraction of sp³-hybridized carbons (Fsp3) is 0.316. The summed E-state index contributed by atoms with van der Waals surface area (Å²) >= 11 is 6.45. The third kappa shape index (κ3) is 2.68. The number of hydrogen-bond donors (Lipinski definition) is 0. The van der Waals surface area contributed by atoms with Crippen molar-refractivity contribution in [3.05, 3.63) is 55.1 Å². The highest BCUT2D eigenvalue weighted by atomic mass is 35.5. The van der Waals surface area contributed by atoms with E-state index in [0.29, 0.717) is 5.15 Å². The van der Waals surface area contributed by atoms with E-state index in [-0.39, 0.29) is 16.8 Å². The van der Waals surface area contributed by atoms with Gasteiger partial charge in [0.15, 0.2) is 11.4 Å². The maximum atomic E-state index is 14.8. The number of rotatable bonds is 2. The number of aryl methyl sites for hydroxylation is 1. The average molecular weight is 388 g/mol. The average Bonchev–Trinajstić information content (AvgIpc) is 2.99. The maximum absolute atomic E-state index is 14.8. The summed E-state index contributed by atoms with van der Waals surface area (Å²) in [4.78, 5) is 24.1. The van der Waals surface area contributed by atoms with Crippen molar-refractivity contribution in [2.45, 2.75) is 38.6 Å². The van der Waals surface area contributed by atoms with Crippen LogP contribution in [0.1, 0.15) is 37.1 Å². The second-order valence-electron chi connectivity index (χ2n) is 6.51. The SMILES string of the molecule is C#CC(C)n1c(=O)c(=O)oc2cc(F)c(-n3nc4c(c3Cl)CCCC4)cc21. The van der Waals surface area contributed by atoms with Gasteiger partial charge >= 0.3 is 11.2 Å². The van der Waals surface area contributed by atoms with Crippen molar-refractivity contribution < 1.29 is 8.81 Å². The lowest BCUT2D eigenvalue weighted by atomic mass is 9.99. The molecule has 1 unspecified atom stereocenters. The van der Waals surface area contributed by atoms with Gasteiger partial charge in [0.1, 0.15) is 10.8 Å². The Morgan fingerprint density at radius 2 is 2.07 bits per heavy atom. The Bertz CT molecular complexity index is 1230. The minimum Gasteiger partial charge on any atom is -0.417 e. The molecular weight excluding hydrogens is 373 g/mol. The molecule has 1 aliphatic rings. The van der Waals surface area contributed by atoms with Gasteiger partial charge in [0.25, 0.3) is 0 Å². The van der Waals surface area contributed by atoms with Gasteiger partial charge in [0.05, 0.1) is 17.3 Å². The zero-order valence-electron chi connectivity index (χ0n) is 14.5. The van der Waals surface area contributed by atoms with Gasteiger partial charge in [-0.05, 0) is 38.7 Å². The highest BCUT2D eigenvalue weighted by Gasteiger charge is 2.23. The van der Waals surface area contributed by atoms with Gasteiger partial charge in [-0.2, -0.15) is 5.10 Å². The molecule has 0 N–H and O–H groups in total. The zero-order chi connectivity index (χ0) is 19.3. The van der Waals surface area contributed by atoms with E-state index in [1.54, 1.807) is 6.92 Å². The first kappa shape index (κ1) is 17.6. The predicted octanol–water partition coefficient (Wildman–Crippen LogP) is 3.01. The molecule has 138 valence electrons. The van der Waals surface area contributed by atoms with E-state index in [4.69, 9.17) is 22.4 Å². The van der Waals surface area contributed by atoms with Gasteiger partial charge in [0, 0.05) is 11.6 Å². The van der Waals surface area contributed by atoms with Crippen LogP contribution in [-0.4, -0.2) is 14.3 Å². The molecule has 27 heavy (non-hydrogen) atoms. The molecule has 2 aromatic heterocycles. The molecule has 0 amide bonds. The van der Waals surface area contributed by atoms with E-state index in [9.17, 15) is 14.0 Å². The van der Waals surface area contributed by atoms with Crippen molar-refractivity contribution in [1.82, 2.24) is 14.3 Å². The van der Waals surface area contributed by atoms with Crippen LogP contribution in [0.3, 0.4) is 0 Å². The summed E-state index contributed by atoms with van der Waals surface area (Å²) in [7, 11) is 0. The Hall–Kier alpha value is -2.85. The van der Waals surface area contributed by atoms with Crippen LogP contribution in [0, 0.1) is 18.2 Å². The molecule has 0 spiro atoms. The third-order valence-corrected chi connectivity index (χ3v) is 5.22. The van der Waals surface area contributed by atoms with E-state index in [2.05, 4.69) is 11.0 Å². The predicted molar refractivity (Wildman–Crippen MR) is 99.0 cm³/mol. The molecule has 2 heterocycles. The van der Waals surface area contributed by atoms with Gasteiger partial charge in [-0.25, -0.2) is 13.9 Å². The number of aromatic nitrogens is 3. The topological polar surface area (TPSA) is 70.0 Å². The van der Waals surface area contributed by atoms with E-state index >= 15 is 0 Å². The Balaban J connectivity index is 2.04. The van der Waals surface area contributed by atoms with Crippen molar-refractivity contribution in [2.24, 2.45) is 0 Å². The third-order valence-electron chi connectivity index (χ3n) is 4.84. The van der Waals surface area contributed by atoms with E-state index in [1.165, 1.54) is 10.7 Å². The molecule has 0 saturated heterocycles. The summed E-state index contributed by atoms with van der Waals surface area (Å²) in [5.74, 6) is 1.73. The molecule has 1 atom stereocenters. The molecule has 1 aliphatic carbocycles. The highest BCUT2D eigenvalue weighted by Crippen LogP contribution is 2.31. The van der Waals surface area contributed by atoms with Gasteiger partial charge in [-0.15, -0.1) is 6.42 Å².